The highest BCUT2D eigenvalue weighted by Gasteiger charge is 2.20. The molecule has 4 heteroatoms. The van der Waals surface area contributed by atoms with E-state index < -0.39 is 0 Å². The van der Waals surface area contributed by atoms with Gasteiger partial charge in [0.2, 0.25) is 0 Å². The first kappa shape index (κ1) is 10.7. The minimum Gasteiger partial charge on any atom is -0.338 e. The fraction of sp³-hybridized carbons (Fsp3) is 0.889. The Balaban J connectivity index is 2.28. The Hall–Kier alpha value is -0.380. The Morgan fingerprint density at radius 2 is 2.46 bits per heavy atom. The number of amides is 2. The molecule has 1 fully saturated rings. The molecule has 0 aliphatic carbocycles. The van der Waals surface area contributed by atoms with Gasteiger partial charge in [-0.3, -0.25) is 0 Å². The molecule has 1 aliphatic rings. The van der Waals surface area contributed by atoms with E-state index in [-0.39, 0.29) is 6.03 Å². The lowest BCUT2D eigenvalue weighted by atomic mass is 10.4. The predicted molar refractivity (Wildman–Crippen MR) is 57.2 cm³/mol. The standard InChI is InChI=1S/C9H18N2OS/c1-3-4-10-9(12)11-5-6-13-8(2)7-11/h8H,3-7H2,1-2H3,(H,10,12). The molecule has 0 aromatic heterocycles. The van der Waals surface area contributed by atoms with Gasteiger partial charge in [-0.05, 0) is 6.42 Å². The quantitative estimate of drug-likeness (QED) is 0.736. The molecule has 1 aliphatic heterocycles. The highest BCUT2D eigenvalue weighted by molar-refractivity contribution is 7.99. The fourth-order valence-corrected chi connectivity index (χ4v) is 2.36. The van der Waals surface area contributed by atoms with Gasteiger partial charge in [-0.15, -0.1) is 0 Å². The second-order valence-electron chi connectivity index (χ2n) is 3.36. The maximum Gasteiger partial charge on any atom is 0.317 e. The highest BCUT2D eigenvalue weighted by atomic mass is 32.2. The average Bonchev–Trinajstić information content (AvgIpc) is 2.14. The van der Waals surface area contributed by atoms with E-state index in [2.05, 4.69) is 19.2 Å². The van der Waals surface area contributed by atoms with Crippen LogP contribution in [0.3, 0.4) is 0 Å². The minimum atomic E-state index is 0.106. The van der Waals surface area contributed by atoms with E-state index in [1.807, 2.05) is 16.7 Å². The van der Waals surface area contributed by atoms with Crippen molar-refractivity contribution in [3.63, 3.8) is 0 Å². The number of hydrogen-bond acceptors (Lipinski definition) is 2. The van der Waals surface area contributed by atoms with Gasteiger partial charge in [-0.1, -0.05) is 13.8 Å². The summed E-state index contributed by atoms with van der Waals surface area (Å²) in [6.07, 6.45) is 1.00. The first-order valence-electron chi connectivity index (χ1n) is 4.88. The Morgan fingerprint density at radius 1 is 1.69 bits per heavy atom. The van der Waals surface area contributed by atoms with Gasteiger partial charge in [0.1, 0.15) is 0 Å². The van der Waals surface area contributed by atoms with Crippen LogP contribution < -0.4 is 5.32 Å². The van der Waals surface area contributed by atoms with E-state index >= 15 is 0 Å². The molecule has 1 N–H and O–H groups in total. The molecule has 1 atom stereocenters. The molecule has 1 rings (SSSR count). The third-order valence-electron chi connectivity index (χ3n) is 2.05. The van der Waals surface area contributed by atoms with Crippen LogP contribution in [0, 0.1) is 0 Å². The van der Waals surface area contributed by atoms with Crippen LogP contribution in [-0.4, -0.2) is 41.6 Å². The SMILES string of the molecule is CCCNC(=O)N1CCSC(C)C1. The molecule has 0 radical (unpaired) electrons. The Kier molecular flexibility index (Phi) is 4.42. The van der Waals surface area contributed by atoms with Gasteiger partial charge >= 0.3 is 6.03 Å². The zero-order valence-electron chi connectivity index (χ0n) is 8.38. The summed E-state index contributed by atoms with van der Waals surface area (Å²) in [4.78, 5) is 13.4. The smallest absolute Gasteiger partial charge is 0.317 e. The van der Waals surface area contributed by atoms with Gasteiger partial charge < -0.3 is 10.2 Å². The van der Waals surface area contributed by atoms with Gasteiger partial charge in [0.25, 0.3) is 0 Å². The van der Waals surface area contributed by atoms with Crippen LogP contribution in [0.2, 0.25) is 0 Å². The average molecular weight is 202 g/mol. The lowest BCUT2D eigenvalue weighted by Crippen LogP contribution is -2.46. The number of nitrogens with one attached hydrogen (secondary N) is 1. The summed E-state index contributed by atoms with van der Waals surface area (Å²) in [6.45, 7) is 6.81. The van der Waals surface area contributed by atoms with E-state index in [9.17, 15) is 4.79 Å². The molecule has 3 nitrogen and oxygen atoms in total. The number of hydrogen-bond donors (Lipinski definition) is 1. The van der Waals surface area contributed by atoms with Crippen molar-refractivity contribution in [2.75, 3.05) is 25.4 Å². The topological polar surface area (TPSA) is 32.3 Å². The van der Waals surface area contributed by atoms with Crippen molar-refractivity contribution in [1.82, 2.24) is 10.2 Å². The predicted octanol–water partition coefficient (Wildman–Crippen LogP) is 1.54. The van der Waals surface area contributed by atoms with Gasteiger partial charge in [0, 0.05) is 30.6 Å². The van der Waals surface area contributed by atoms with Crippen molar-refractivity contribution in [1.29, 1.82) is 0 Å². The van der Waals surface area contributed by atoms with Gasteiger partial charge in [0.15, 0.2) is 0 Å². The summed E-state index contributed by atoms with van der Waals surface area (Å²) in [5, 5.41) is 3.48. The van der Waals surface area contributed by atoms with Crippen LogP contribution in [0.4, 0.5) is 4.79 Å². The van der Waals surface area contributed by atoms with E-state index in [0.29, 0.717) is 5.25 Å². The molecule has 1 unspecified atom stereocenters. The van der Waals surface area contributed by atoms with Crippen LogP contribution >= 0.6 is 11.8 Å². The van der Waals surface area contributed by atoms with E-state index in [0.717, 1.165) is 31.8 Å². The molecule has 0 saturated carbocycles. The molecule has 2 amide bonds. The number of urea groups is 1. The van der Waals surface area contributed by atoms with Crippen LogP contribution in [0.5, 0.6) is 0 Å². The largest absolute Gasteiger partial charge is 0.338 e. The molecule has 0 aromatic carbocycles. The first-order valence-corrected chi connectivity index (χ1v) is 5.93. The summed E-state index contributed by atoms with van der Waals surface area (Å²) < 4.78 is 0. The molecule has 13 heavy (non-hydrogen) atoms. The molecule has 0 spiro atoms. The second-order valence-corrected chi connectivity index (χ2v) is 4.91. The van der Waals surface area contributed by atoms with Crippen molar-refractivity contribution in [2.45, 2.75) is 25.5 Å². The summed E-state index contributed by atoms with van der Waals surface area (Å²) in [6, 6.07) is 0.106. The van der Waals surface area contributed by atoms with Crippen molar-refractivity contribution in [2.24, 2.45) is 0 Å². The zero-order valence-corrected chi connectivity index (χ0v) is 9.19. The van der Waals surface area contributed by atoms with Crippen molar-refractivity contribution >= 4 is 17.8 Å². The monoisotopic (exact) mass is 202 g/mol. The van der Waals surface area contributed by atoms with Gasteiger partial charge in [-0.2, -0.15) is 11.8 Å². The summed E-state index contributed by atoms with van der Waals surface area (Å²) >= 11 is 1.94. The van der Waals surface area contributed by atoms with Crippen LogP contribution in [0.1, 0.15) is 20.3 Å². The number of nitrogens with zero attached hydrogens (tertiary/aromatic N) is 1. The molecule has 0 aromatic rings. The van der Waals surface area contributed by atoms with Crippen molar-refractivity contribution < 1.29 is 4.79 Å². The highest BCUT2D eigenvalue weighted by Crippen LogP contribution is 2.17. The second kappa shape index (κ2) is 5.37. The lowest BCUT2D eigenvalue weighted by Gasteiger charge is -2.30. The molecule has 1 heterocycles. The van der Waals surface area contributed by atoms with Crippen molar-refractivity contribution in [3.05, 3.63) is 0 Å². The Morgan fingerprint density at radius 3 is 3.08 bits per heavy atom. The fourth-order valence-electron chi connectivity index (χ4n) is 1.35. The lowest BCUT2D eigenvalue weighted by molar-refractivity contribution is 0.200. The van der Waals surface area contributed by atoms with Crippen LogP contribution in [0.25, 0.3) is 0 Å². The molecular weight excluding hydrogens is 184 g/mol. The number of carbonyl (C=O) groups is 1. The summed E-state index contributed by atoms with van der Waals surface area (Å²) in [7, 11) is 0. The van der Waals surface area contributed by atoms with Crippen molar-refractivity contribution in [3.8, 4) is 0 Å². The summed E-state index contributed by atoms with van der Waals surface area (Å²) in [5.74, 6) is 1.07. The number of rotatable bonds is 2. The maximum absolute atomic E-state index is 11.5. The molecule has 1 saturated heterocycles. The minimum absolute atomic E-state index is 0.106. The van der Waals surface area contributed by atoms with Crippen LogP contribution in [0.15, 0.2) is 0 Å². The van der Waals surface area contributed by atoms with E-state index in [1.165, 1.54) is 0 Å². The van der Waals surface area contributed by atoms with Gasteiger partial charge in [-0.25, -0.2) is 4.79 Å². The summed E-state index contributed by atoms with van der Waals surface area (Å²) in [5.41, 5.74) is 0. The molecule has 76 valence electrons. The third kappa shape index (κ3) is 3.46. The van der Waals surface area contributed by atoms with Crippen LogP contribution in [-0.2, 0) is 0 Å². The van der Waals surface area contributed by atoms with Gasteiger partial charge in [0.05, 0.1) is 0 Å². The number of carbonyl (C=O) groups excluding carboxylic acids is 1. The molecule has 0 bridgehead atoms. The Labute approximate surface area is 84.2 Å². The normalized spacial score (nSPS) is 22.9. The Bertz CT molecular complexity index is 175. The number of thioether (sulfide) groups is 1. The van der Waals surface area contributed by atoms with E-state index in [1.54, 1.807) is 0 Å². The zero-order chi connectivity index (χ0) is 9.68. The first-order chi connectivity index (χ1) is 6.24. The maximum atomic E-state index is 11.5. The molecular formula is C9H18N2OS. The third-order valence-corrected chi connectivity index (χ3v) is 3.19. The van der Waals surface area contributed by atoms with E-state index in [4.69, 9.17) is 0 Å².